The number of piperidine rings is 1. The van der Waals surface area contributed by atoms with Gasteiger partial charge in [-0.3, -0.25) is 5.41 Å². The Morgan fingerprint density at radius 1 is 1.12 bits per heavy atom. The summed E-state index contributed by atoms with van der Waals surface area (Å²) < 4.78 is 12.0. The number of hydrogen-bond acceptors (Lipinski definition) is 5. The van der Waals surface area contributed by atoms with Crippen LogP contribution in [0.4, 0.5) is 4.79 Å². The first kappa shape index (κ1) is 22.5. The molecule has 2 aromatic carbocycles. The predicted octanol–water partition coefficient (Wildman–Crippen LogP) is 4.93. The molecule has 2 aromatic rings. The smallest absolute Gasteiger partial charge is 0.410 e. The Hall–Kier alpha value is -3.68. The van der Waals surface area contributed by atoms with Crippen molar-refractivity contribution in [3.8, 4) is 5.75 Å². The summed E-state index contributed by atoms with van der Waals surface area (Å²) in [6.45, 7) is 6.73. The fourth-order valence-corrected chi connectivity index (χ4v) is 4.17. The van der Waals surface area contributed by atoms with E-state index in [0.29, 0.717) is 31.5 Å². The molecular weight excluding hydrogens is 418 g/mol. The molecule has 1 spiro atoms. The van der Waals surface area contributed by atoms with Crippen molar-refractivity contribution in [2.45, 2.75) is 44.8 Å². The summed E-state index contributed by atoms with van der Waals surface area (Å²) in [6.07, 6.45) is 3.24. The van der Waals surface area contributed by atoms with Crippen molar-refractivity contribution < 1.29 is 14.3 Å². The first-order valence-corrected chi connectivity index (χ1v) is 11.0. The van der Waals surface area contributed by atoms with E-state index in [1.54, 1.807) is 4.90 Å². The summed E-state index contributed by atoms with van der Waals surface area (Å²) in [6, 6.07) is 15.6. The minimum Gasteiger partial charge on any atom is -0.482 e. The van der Waals surface area contributed by atoms with Crippen molar-refractivity contribution in [1.29, 1.82) is 5.41 Å². The Labute approximate surface area is 193 Å². The lowest BCUT2D eigenvalue weighted by Gasteiger charge is -2.43. The van der Waals surface area contributed by atoms with E-state index in [1.165, 1.54) is 0 Å². The zero-order valence-electron chi connectivity index (χ0n) is 19.2. The fraction of sp³-hybridized carbons (Fsp3) is 0.360. The minimum absolute atomic E-state index is 0.0105. The van der Waals surface area contributed by atoms with Gasteiger partial charge in [0.15, 0.2) is 5.84 Å². The topological polar surface area (TPSA) is 113 Å². The average Bonchev–Trinajstić information content (AvgIpc) is 2.78. The fourth-order valence-electron chi connectivity index (χ4n) is 4.17. The second-order valence-electron chi connectivity index (χ2n) is 9.33. The molecule has 172 valence electrons. The van der Waals surface area contributed by atoms with Gasteiger partial charge in [0, 0.05) is 37.1 Å². The van der Waals surface area contributed by atoms with Crippen molar-refractivity contribution >= 4 is 17.5 Å². The van der Waals surface area contributed by atoms with Gasteiger partial charge in [-0.2, -0.15) is 0 Å². The van der Waals surface area contributed by atoms with Crippen LogP contribution in [0.1, 0.15) is 50.3 Å². The van der Waals surface area contributed by atoms with Gasteiger partial charge in [0.2, 0.25) is 0 Å². The van der Waals surface area contributed by atoms with E-state index < -0.39 is 11.2 Å². The Kier molecular flexibility index (Phi) is 5.93. The lowest BCUT2D eigenvalue weighted by molar-refractivity contribution is -0.00115. The summed E-state index contributed by atoms with van der Waals surface area (Å²) in [5.74, 6) is 5.91. The zero-order valence-corrected chi connectivity index (χ0v) is 19.2. The zero-order chi connectivity index (χ0) is 23.6. The number of para-hydroxylation sites is 1. The van der Waals surface area contributed by atoms with Crippen LogP contribution in [-0.2, 0) is 4.74 Å². The van der Waals surface area contributed by atoms with Crippen molar-refractivity contribution in [3.63, 3.8) is 0 Å². The van der Waals surface area contributed by atoms with Crippen LogP contribution in [-0.4, -0.2) is 41.1 Å². The molecule has 0 bridgehead atoms. The molecule has 8 heteroatoms. The van der Waals surface area contributed by atoms with Gasteiger partial charge in [-0.15, -0.1) is 5.11 Å². The third kappa shape index (κ3) is 4.89. The highest BCUT2D eigenvalue weighted by Crippen LogP contribution is 2.43. The third-order valence-electron chi connectivity index (χ3n) is 5.79. The van der Waals surface area contributed by atoms with Gasteiger partial charge in [0.05, 0.1) is 0 Å². The molecule has 1 saturated heterocycles. The summed E-state index contributed by atoms with van der Waals surface area (Å²) in [4.78, 5) is 14.3. The lowest BCUT2D eigenvalue weighted by atomic mass is 9.83. The maximum atomic E-state index is 12.5. The standard InChI is InChI=1S/C25H29N5O3/c1-24(2,3)33-23(31)30-14-12-25(13-15-30)16-20(19-6-4-5-7-21(19)32-25)17-8-10-18(11-9-17)22(26)28-29-27/h4-11,16H,12-15H2,1-3H3,(H3,26,27,28). The summed E-state index contributed by atoms with van der Waals surface area (Å²) in [5.41, 5.74) is 2.72. The Morgan fingerprint density at radius 3 is 2.42 bits per heavy atom. The quantitative estimate of drug-likeness (QED) is 0.223. The van der Waals surface area contributed by atoms with E-state index in [2.05, 4.69) is 16.4 Å². The highest BCUT2D eigenvalue weighted by molar-refractivity contribution is 5.97. The third-order valence-corrected chi connectivity index (χ3v) is 5.79. The van der Waals surface area contributed by atoms with Gasteiger partial charge in [0.25, 0.3) is 0 Å². The number of amides is 1. The van der Waals surface area contributed by atoms with Crippen LogP contribution in [0.3, 0.4) is 0 Å². The lowest BCUT2D eigenvalue weighted by Crippen LogP contribution is -2.50. The molecule has 0 atom stereocenters. The maximum absolute atomic E-state index is 12.5. The monoisotopic (exact) mass is 447 g/mol. The Morgan fingerprint density at radius 2 is 1.79 bits per heavy atom. The van der Waals surface area contributed by atoms with Gasteiger partial charge in [0.1, 0.15) is 17.0 Å². The maximum Gasteiger partial charge on any atom is 0.410 e. The number of rotatable bonds is 2. The number of nitrogens with zero attached hydrogens (tertiary/aromatic N) is 3. The van der Waals surface area contributed by atoms with E-state index in [0.717, 1.165) is 22.4 Å². The Bertz CT molecular complexity index is 1110. The number of carbonyl (C=O) groups excluding carboxylic acids is 1. The van der Waals surface area contributed by atoms with Crippen LogP contribution in [0.25, 0.3) is 5.57 Å². The predicted molar refractivity (Wildman–Crippen MR) is 126 cm³/mol. The van der Waals surface area contributed by atoms with Crippen molar-refractivity contribution in [3.05, 3.63) is 71.3 Å². The summed E-state index contributed by atoms with van der Waals surface area (Å²) in [7, 11) is 0. The number of ether oxygens (including phenoxy) is 2. The second-order valence-corrected chi connectivity index (χ2v) is 9.33. The van der Waals surface area contributed by atoms with E-state index in [4.69, 9.17) is 20.7 Å². The molecule has 2 aliphatic rings. The van der Waals surface area contributed by atoms with Gasteiger partial charge in [-0.25, -0.2) is 4.79 Å². The first-order valence-electron chi connectivity index (χ1n) is 11.0. The van der Waals surface area contributed by atoms with E-state index in [-0.39, 0.29) is 11.9 Å². The minimum atomic E-state index is -0.520. The molecular formula is C25H29N5O3. The number of likely N-dealkylation sites (tertiary alicyclic amines) is 1. The van der Waals surface area contributed by atoms with Gasteiger partial charge < -0.3 is 20.2 Å². The number of fused-ring (bicyclic) bond motifs is 1. The van der Waals surface area contributed by atoms with Crippen LogP contribution < -0.4 is 10.6 Å². The molecule has 8 nitrogen and oxygen atoms in total. The number of carbonyl (C=O) groups is 1. The number of nitrogens with two attached hydrogens (primary N) is 1. The van der Waals surface area contributed by atoms with Crippen molar-refractivity contribution in [2.24, 2.45) is 16.2 Å². The van der Waals surface area contributed by atoms with Crippen LogP contribution in [0.15, 0.2) is 64.9 Å². The second kappa shape index (κ2) is 8.69. The summed E-state index contributed by atoms with van der Waals surface area (Å²) >= 11 is 0. The Balaban J connectivity index is 1.61. The largest absolute Gasteiger partial charge is 0.482 e. The van der Waals surface area contributed by atoms with Crippen LogP contribution >= 0.6 is 0 Å². The summed E-state index contributed by atoms with van der Waals surface area (Å²) in [5, 5.41) is 14.7. The van der Waals surface area contributed by atoms with E-state index in [9.17, 15) is 4.79 Å². The molecule has 0 unspecified atom stereocenters. The number of benzene rings is 2. The van der Waals surface area contributed by atoms with Crippen LogP contribution in [0.2, 0.25) is 0 Å². The molecule has 2 aliphatic heterocycles. The van der Waals surface area contributed by atoms with E-state index >= 15 is 0 Å². The molecule has 0 radical (unpaired) electrons. The highest BCUT2D eigenvalue weighted by Gasteiger charge is 2.40. The molecule has 0 aliphatic carbocycles. The molecule has 33 heavy (non-hydrogen) atoms. The molecule has 0 aromatic heterocycles. The van der Waals surface area contributed by atoms with E-state index in [1.807, 2.05) is 69.3 Å². The highest BCUT2D eigenvalue weighted by atomic mass is 16.6. The molecule has 0 saturated carbocycles. The average molecular weight is 448 g/mol. The van der Waals surface area contributed by atoms with Gasteiger partial charge >= 0.3 is 6.09 Å². The molecule has 1 fully saturated rings. The molecule has 2 heterocycles. The normalized spacial score (nSPS) is 17.3. The van der Waals surface area contributed by atoms with Crippen LogP contribution in [0.5, 0.6) is 5.75 Å². The molecule has 1 amide bonds. The van der Waals surface area contributed by atoms with Gasteiger partial charge in [-0.05, 0) is 44.1 Å². The number of amidine groups is 1. The number of hydrogen-bond donors (Lipinski definition) is 2. The molecule has 4 rings (SSSR count). The first-order chi connectivity index (χ1) is 15.7. The SMILES string of the molecule is CC(C)(C)OC(=O)N1CCC2(C=C(c3ccc(C(=N)N=NN)cc3)c3ccccc3O2)CC1. The molecule has 3 N–H and O–H groups in total. The number of nitrogens with one attached hydrogen (secondary N) is 1. The van der Waals surface area contributed by atoms with Crippen LogP contribution in [0, 0.1) is 5.41 Å². The van der Waals surface area contributed by atoms with Crippen molar-refractivity contribution in [1.82, 2.24) is 4.90 Å². The van der Waals surface area contributed by atoms with Gasteiger partial charge in [-0.1, -0.05) is 47.7 Å². The van der Waals surface area contributed by atoms with Crippen molar-refractivity contribution in [2.75, 3.05) is 13.1 Å².